The van der Waals surface area contributed by atoms with E-state index in [0.29, 0.717) is 5.75 Å². The van der Waals surface area contributed by atoms with Gasteiger partial charge >= 0.3 is 0 Å². The molecule has 4 heteroatoms. The number of rotatable bonds is 2. The van der Waals surface area contributed by atoms with Crippen molar-refractivity contribution in [1.29, 1.82) is 5.26 Å². The first-order chi connectivity index (χ1) is 8.63. The van der Waals surface area contributed by atoms with Crippen LogP contribution in [0, 0.1) is 25.2 Å². The molecule has 2 aromatic rings. The number of hydrogen-bond donors (Lipinski definition) is 0. The molecule has 18 heavy (non-hydrogen) atoms. The van der Waals surface area contributed by atoms with Gasteiger partial charge in [-0.05, 0) is 25.0 Å². The highest BCUT2D eigenvalue weighted by Crippen LogP contribution is 2.32. The second kappa shape index (κ2) is 5.07. The average molecular weight is 259 g/mol. The van der Waals surface area contributed by atoms with Crippen molar-refractivity contribution in [1.82, 2.24) is 4.98 Å². The van der Waals surface area contributed by atoms with Crippen molar-refractivity contribution in [3.63, 3.8) is 0 Å². The maximum absolute atomic E-state index is 9.06. The number of ether oxygens (including phenoxy) is 1. The standard InChI is InChI=1S/C14H11ClN2O/c1-9-4-3-5-10(2)13(9)18-12-6-7-17-14(15)11(12)8-16/h3-7H,1-2H3. The van der Waals surface area contributed by atoms with Crippen molar-refractivity contribution >= 4 is 11.6 Å². The summed E-state index contributed by atoms with van der Waals surface area (Å²) < 4.78 is 5.80. The Bertz CT molecular complexity index is 612. The Morgan fingerprint density at radius 3 is 2.50 bits per heavy atom. The summed E-state index contributed by atoms with van der Waals surface area (Å²) in [5, 5.41) is 9.22. The lowest BCUT2D eigenvalue weighted by Gasteiger charge is -2.12. The molecule has 0 saturated heterocycles. The highest BCUT2D eigenvalue weighted by molar-refractivity contribution is 6.30. The van der Waals surface area contributed by atoms with Crippen LogP contribution in [0.25, 0.3) is 0 Å². The van der Waals surface area contributed by atoms with Gasteiger partial charge < -0.3 is 4.74 Å². The number of benzene rings is 1. The smallest absolute Gasteiger partial charge is 0.150 e. The van der Waals surface area contributed by atoms with Crippen molar-refractivity contribution in [2.45, 2.75) is 13.8 Å². The summed E-state index contributed by atoms with van der Waals surface area (Å²) in [7, 11) is 0. The molecule has 0 aliphatic carbocycles. The Labute approximate surface area is 111 Å². The fourth-order valence-corrected chi connectivity index (χ4v) is 1.87. The first kappa shape index (κ1) is 12.4. The van der Waals surface area contributed by atoms with E-state index in [4.69, 9.17) is 21.6 Å². The van der Waals surface area contributed by atoms with E-state index in [9.17, 15) is 0 Å². The summed E-state index contributed by atoms with van der Waals surface area (Å²) >= 11 is 5.86. The quantitative estimate of drug-likeness (QED) is 0.765. The van der Waals surface area contributed by atoms with Crippen LogP contribution in [-0.2, 0) is 0 Å². The molecule has 1 aromatic carbocycles. The number of nitriles is 1. The maximum Gasteiger partial charge on any atom is 0.150 e. The van der Waals surface area contributed by atoms with E-state index in [1.807, 2.05) is 38.1 Å². The highest BCUT2D eigenvalue weighted by Gasteiger charge is 2.12. The van der Waals surface area contributed by atoms with Crippen molar-refractivity contribution in [3.05, 3.63) is 52.3 Å². The number of hydrogen-bond acceptors (Lipinski definition) is 3. The Morgan fingerprint density at radius 2 is 1.89 bits per heavy atom. The number of aryl methyl sites for hydroxylation is 2. The number of para-hydroxylation sites is 1. The summed E-state index contributed by atoms with van der Waals surface area (Å²) in [5.74, 6) is 1.17. The predicted molar refractivity (Wildman–Crippen MR) is 70.0 cm³/mol. The summed E-state index contributed by atoms with van der Waals surface area (Å²) in [6.07, 6.45) is 1.52. The summed E-state index contributed by atoms with van der Waals surface area (Å²) in [5.41, 5.74) is 2.26. The van der Waals surface area contributed by atoms with Crippen LogP contribution in [0.2, 0.25) is 5.15 Å². The van der Waals surface area contributed by atoms with Crippen LogP contribution in [0.15, 0.2) is 30.5 Å². The van der Waals surface area contributed by atoms with Gasteiger partial charge in [0.2, 0.25) is 0 Å². The van der Waals surface area contributed by atoms with Crippen LogP contribution in [-0.4, -0.2) is 4.98 Å². The zero-order valence-electron chi connectivity index (χ0n) is 10.1. The molecule has 0 bridgehead atoms. The van der Waals surface area contributed by atoms with Gasteiger partial charge in [-0.1, -0.05) is 29.8 Å². The van der Waals surface area contributed by atoms with Gasteiger partial charge in [0.15, 0.2) is 5.15 Å². The van der Waals surface area contributed by atoms with Crippen molar-refractivity contribution in [2.75, 3.05) is 0 Å². The minimum atomic E-state index is 0.154. The van der Waals surface area contributed by atoms with Crippen LogP contribution < -0.4 is 4.74 Å². The Morgan fingerprint density at radius 1 is 1.22 bits per heavy atom. The van der Waals surface area contributed by atoms with Gasteiger partial charge in [-0.15, -0.1) is 0 Å². The summed E-state index contributed by atoms with van der Waals surface area (Å²) in [6, 6.07) is 9.51. The van der Waals surface area contributed by atoms with E-state index in [1.54, 1.807) is 6.07 Å². The minimum absolute atomic E-state index is 0.154. The Kier molecular flexibility index (Phi) is 3.50. The number of pyridine rings is 1. The third-order valence-corrected chi connectivity index (χ3v) is 2.89. The van der Waals surface area contributed by atoms with Crippen LogP contribution in [0.3, 0.4) is 0 Å². The Hall–Kier alpha value is -2.05. The number of nitrogens with zero attached hydrogens (tertiary/aromatic N) is 2. The SMILES string of the molecule is Cc1cccc(C)c1Oc1ccnc(Cl)c1C#N. The average Bonchev–Trinajstić information content (AvgIpc) is 2.34. The number of aromatic nitrogens is 1. The molecule has 0 radical (unpaired) electrons. The molecule has 1 heterocycles. The second-order valence-electron chi connectivity index (χ2n) is 3.91. The van der Waals surface area contributed by atoms with Crippen molar-refractivity contribution in [3.8, 4) is 17.6 Å². The molecule has 0 amide bonds. The maximum atomic E-state index is 9.06. The van der Waals surface area contributed by atoms with E-state index < -0.39 is 0 Å². The first-order valence-electron chi connectivity index (χ1n) is 5.42. The molecule has 0 unspecified atom stereocenters. The van der Waals surface area contributed by atoms with Crippen molar-refractivity contribution < 1.29 is 4.74 Å². The molecule has 3 nitrogen and oxygen atoms in total. The van der Waals surface area contributed by atoms with Gasteiger partial charge in [-0.2, -0.15) is 5.26 Å². The molecule has 0 atom stereocenters. The third-order valence-electron chi connectivity index (χ3n) is 2.60. The van der Waals surface area contributed by atoms with Crippen LogP contribution in [0.5, 0.6) is 11.5 Å². The number of halogens is 1. The summed E-state index contributed by atoms with van der Waals surface area (Å²) in [4.78, 5) is 3.86. The zero-order valence-corrected chi connectivity index (χ0v) is 10.8. The molecule has 0 aliphatic rings. The van der Waals surface area contributed by atoms with Gasteiger partial charge in [-0.3, -0.25) is 0 Å². The van der Waals surface area contributed by atoms with Crippen LogP contribution in [0.4, 0.5) is 0 Å². The van der Waals surface area contributed by atoms with Crippen LogP contribution in [0.1, 0.15) is 16.7 Å². The van der Waals surface area contributed by atoms with E-state index in [2.05, 4.69) is 4.98 Å². The molecule has 0 N–H and O–H groups in total. The first-order valence-corrected chi connectivity index (χ1v) is 5.80. The van der Waals surface area contributed by atoms with E-state index in [0.717, 1.165) is 16.9 Å². The molecule has 0 aliphatic heterocycles. The normalized spacial score (nSPS) is 9.89. The molecule has 2 rings (SSSR count). The monoisotopic (exact) mass is 258 g/mol. The third kappa shape index (κ3) is 2.29. The van der Waals surface area contributed by atoms with Gasteiger partial charge in [0.05, 0.1) is 0 Å². The van der Waals surface area contributed by atoms with E-state index in [1.165, 1.54) is 6.20 Å². The molecule has 90 valence electrons. The minimum Gasteiger partial charge on any atom is -0.455 e. The largest absolute Gasteiger partial charge is 0.455 e. The van der Waals surface area contributed by atoms with Gasteiger partial charge in [0.25, 0.3) is 0 Å². The lowest BCUT2D eigenvalue weighted by Crippen LogP contribution is -1.94. The fourth-order valence-electron chi connectivity index (χ4n) is 1.68. The van der Waals surface area contributed by atoms with E-state index in [-0.39, 0.29) is 10.7 Å². The lowest BCUT2D eigenvalue weighted by molar-refractivity contribution is 0.473. The molecular formula is C14H11ClN2O. The molecular weight excluding hydrogens is 248 g/mol. The molecule has 0 fully saturated rings. The van der Waals surface area contributed by atoms with Gasteiger partial charge in [0.1, 0.15) is 23.1 Å². The zero-order chi connectivity index (χ0) is 13.1. The lowest BCUT2D eigenvalue weighted by atomic mass is 10.1. The summed E-state index contributed by atoms with van der Waals surface area (Å²) in [6.45, 7) is 3.91. The van der Waals surface area contributed by atoms with Gasteiger partial charge in [-0.25, -0.2) is 4.98 Å². The van der Waals surface area contributed by atoms with Crippen LogP contribution >= 0.6 is 11.6 Å². The highest BCUT2D eigenvalue weighted by atomic mass is 35.5. The molecule has 1 aromatic heterocycles. The van der Waals surface area contributed by atoms with E-state index >= 15 is 0 Å². The topological polar surface area (TPSA) is 45.9 Å². The van der Waals surface area contributed by atoms with Gasteiger partial charge in [0, 0.05) is 12.3 Å². The fraction of sp³-hybridized carbons (Fsp3) is 0.143. The Balaban J connectivity index is 2.48. The predicted octanol–water partition coefficient (Wildman–Crippen LogP) is 4.02. The second-order valence-corrected chi connectivity index (χ2v) is 4.27. The molecule has 0 saturated carbocycles. The molecule has 0 spiro atoms. The van der Waals surface area contributed by atoms with Crippen molar-refractivity contribution in [2.24, 2.45) is 0 Å².